The monoisotopic (exact) mass is 155 g/mol. The fourth-order valence-electron chi connectivity index (χ4n) is 1.07. The number of amides is 2. The Balaban J connectivity index is 2.32. The maximum Gasteiger partial charge on any atom is 0.312 e. The van der Waals surface area contributed by atoms with E-state index < -0.39 is 0 Å². The third-order valence-electron chi connectivity index (χ3n) is 1.80. The molecule has 0 aromatic carbocycles. The highest BCUT2D eigenvalue weighted by molar-refractivity contribution is 5.80. The summed E-state index contributed by atoms with van der Waals surface area (Å²) in [5, 5.41) is 0. The Labute approximate surface area is 65.8 Å². The van der Waals surface area contributed by atoms with Gasteiger partial charge >= 0.3 is 6.41 Å². The van der Waals surface area contributed by atoms with Gasteiger partial charge in [0.2, 0.25) is 5.91 Å². The quantitative estimate of drug-likeness (QED) is 0.517. The molecule has 0 N–H and O–H groups in total. The first-order chi connectivity index (χ1) is 5.15. The molecule has 0 unspecified atom stereocenters. The van der Waals surface area contributed by atoms with Crippen molar-refractivity contribution in [3.63, 3.8) is 0 Å². The molecule has 4 nitrogen and oxygen atoms in total. The van der Waals surface area contributed by atoms with Gasteiger partial charge in [-0.2, -0.15) is 0 Å². The molecule has 2 amide bonds. The van der Waals surface area contributed by atoms with Gasteiger partial charge in [-0.05, 0) is 0 Å². The Morgan fingerprint density at radius 1 is 1.55 bits per heavy atom. The second-order valence-corrected chi connectivity index (χ2v) is 2.93. The molecule has 0 aromatic heterocycles. The molecule has 0 saturated carbocycles. The van der Waals surface area contributed by atoms with Crippen LogP contribution >= 0.6 is 0 Å². The average molecular weight is 155 g/mol. The van der Waals surface area contributed by atoms with Crippen molar-refractivity contribution in [1.82, 2.24) is 9.80 Å². The second-order valence-electron chi connectivity index (χ2n) is 2.93. The fourth-order valence-corrected chi connectivity index (χ4v) is 1.07. The molecule has 1 fully saturated rings. The molecule has 1 aliphatic rings. The van der Waals surface area contributed by atoms with Crippen molar-refractivity contribution in [3.8, 4) is 0 Å². The summed E-state index contributed by atoms with van der Waals surface area (Å²) in [5.41, 5.74) is 0. The molecule has 11 heavy (non-hydrogen) atoms. The number of hydrogen-bond acceptors (Lipinski definition) is 2. The van der Waals surface area contributed by atoms with Gasteiger partial charge < -0.3 is 9.80 Å². The SMILES string of the molecule is CN(C)C(=O)C1CN([C]=O)C1. The summed E-state index contributed by atoms with van der Waals surface area (Å²) in [5.74, 6) is 0.1000. The largest absolute Gasteiger partial charge is 0.348 e. The molecule has 61 valence electrons. The van der Waals surface area contributed by atoms with E-state index in [4.69, 9.17) is 0 Å². The lowest BCUT2D eigenvalue weighted by Gasteiger charge is -2.35. The standard InChI is InChI=1S/C7H11N2O2/c1-8(2)7(11)6-3-9(4-6)5-10/h6H,3-4H2,1-2H3. The normalized spacial score (nSPS) is 17.5. The maximum absolute atomic E-state index is 11.2. The van der Waals surface area contributed by atoms with Gasteiger partial charge in [-0.1, -0.05) is 0 Å². The Morgan fingerprint density at radius 3 is 2.45 bits per heavy atom. The summed E-state index contributed by atoms with van der Waals surface area (Å²) in [6, 6.07) is 0. The van der Waals surface area contributed by atoms with Crippen LogP contribution in [0.5, 0.6) is 0 Å². The first-order valence-electron chi connectivity index (χ1n) is 3.49. The third kappa shape index (κ3) is 1.50. The van der Waals surface area contributed by atoms with Crippen LogP contribution in [0.25, 0.3) is 0 Å². The Kier molecular flexibility index (Phi) is 2.12. The van der Waals surface area contributed by atoms with Crippen LogP contribution in [0.4, 0.5) is 0 Å². The molecule has 1 rings (SSSR count). The Bertz CT molecular complexity index is 173. The molecule has 1 saturated heterocycles. The summed E-state index contributed by atoms with van der Waals surface area (Å²) in [6.45, 7) is 1.06. The number of likely N-dealkylation sites (tertiary alicyclic amines) is 1. The summed E-state index contributed by atoms with van der Waals surface area (Å²) in [4.78, 5) is 24.2. The highest BCUT2D eigenvalue weighted by atomic mass is 16.2. The highest BCUT2D eigenvalue weighted by Gasteiger charge is 2.32. The van der Waals surface area contributed by atoms with Gasteiger partial charge in [-0.25, -0.2) is 0 Å². The van der Waals surface area contributed by atoms with E-state index in [1.54, 1.807) is 25.4 Å². The summed E-state index contributed by atoms with van der Waals surface area (Å²) in [6.07, 6.45) is 1.74. The van der Waals surface area contributed by atoms with Gasteiger partial charge in [0.15, 0.2) is 0 Å². The van der Waals surface area contributed by atoms with Crippen molar-refractivity contribution in [1.29, 1.82) is 0 Å². The van der Waals surface area contributed by atoms with Crippen molar-refractivity contribution in [2.24, 2.45) is 5.92 Å². The topological polar surface area (TPSA) is 40.6 Å². The van der Waals surface area contributed by atoms with Crippen molar-refractivity contribution >= 4 is 12.3 Å². The van der Waals surface area contributed by atoms with E-state index in [1.807, 2.05) is 0 Å². The number of carbonyl (C=O) groups is 1. The van der Waals surface area contributed by atoms with Crippen LogP contribution in [0, 0.1) is 5.92 Å². The van der Waals surface area contributed by atoms with Gasteiger partial charge in [0.25, 0.3) is 0 Å². The molecular weight excluding hydrogens is 144 g/mol. The molecule has 0 spiro atoms. The zero-order valence-corrected chi connectivity index (χ0v) is 6.70. The van der Waals surface area contributed by atoms with E-state index in [0.29, 0.717) is 13.1 Å². The highest BCUT2D eigenvalue weighted by Crippen LogP contribution is 2.14. The van der Waals surface area contributed by atoms with Crippen LogP contribution in [-0.4, -0.2) is 49.3 Å². The first-order valence-corrected chi connectivity index (χ1v) is 3.49. The van der Waals surface area contributed by atoms with Gasteiger partial charge in [0, 0.05) is 27.2 Å². The van der Waals surface area contributed by atoms with E-state index in [0.717, 1.165) is 0 Å². The van der Waals surface area contributed by atoms with E-state index in [9.17, 15) is 9.59 Å². The van der Waals surface area contributed by atoms with Crippen molar-refractivity contribution in [2.45, 2.75) is 0 Å². The summed E-state index contributed by atoms with van der Waals surface area (Å²) >= 11 is 0. The molecule has 1 aliphatic heterocycles. The van der Waals surface area contributed by atoms with E-state index in [2.05, 4.69) is 0 Å². The first kappa shape index (κ1) is 8.04. The van der Waals surface area contributed by atoms with Gasteiger partial charge in [0.05, 0.1) is 5.92 Å². The minimum Gasteiger partial charge on any atom is -0.348 e. The Hall–Kier alpha value is -1.06. The fraction of sp³-hybridized carbons (Fsp3) is 0.714. The van der Waals surface area contributed by atoms with Crippen molar-refractivity contribution < 1.29 is 9.59 Å². The third-order valence-corrected chi connectivity index (χ3v) is 1.80. The maximum atomic E-state index is 11.2. The number of rotatable bonds is 2. The minimum absolute atomic E-state index is 0.00597. The second kappa shape index (κ2) is 2.90. The van der Waals surface area contributed by atoms with Crippen molar-refractivity contribution in [2.75, 3.05) is 27.2 Å². The average Bonchev–Trinajstić information content (AvgIpc) is 1.85. The van der Waals surface area contributed by atoms with Crippen LogP contribution in [-0.2, 0) is 9.59 Å². The van der Waals surface area contributed by atoms with Crippen LogP contribution in [0.3, 0.4) is 0 Å². The lowest BCUT2D eigenvalue weighted by Crippen LogP contribution is -2.52. The van der Waals surface area contributed by atoms with Crippen LogP contribution in [0.2, 0.25) is 0 Å². The smallest absolute Gasteiger partial charge is 0.312 e. The molecule has 1 heterocycles. The predicted molar refractivity (Wildman–Crippen MR) is 39.5 cm³/mol. The lowest BCUT2D eigenvalue weighted by atomic mass is 10.00. The molecule has 1 radical (unpaired) electrons. The van der Waals surface area contributed by atoms with Crippen LogP contribution < -0.4 is 0 Å². The zero-order chi connectivity index (χ0) is 8.43. The van der Waals surface area contributed by atoms with Crippen molar-refractivity contribution in [3.05, 3.63) is 0 Å². The molecule has 0 aromatic rings. The molecular formula is C7H11N2O2. The van der Waals surface area contributed by atoms with Crippen LogP contribution in [0.15, 0.2) is 0 Å². The number of hydrogen-bond donors (Lipinski definition) is 0. The Morgan fingerprint density at radius 2 is 2.09 bits per heavy atom. The molecule has 0 atom stereocenters. The van der Waals surface area contributed by atoms with Gasteiger partial charge in [0.1, 0.15) is 0 Å². The summed E-state index contributed by atoms with van der Waals surface area (Å²) < 4.78 is 0. The number of nitrogens with zero attached hydrogens (tertiary/aromatic N) is 2. The zero-order valence-electron chi connectivity index (χ0n) is 6.70. The predicted octanol–water partition coefficient (Wildman–Crippen LogP) is -0.926. The lowest BCUT2D eigenvalue weighted by molar-refractivity contribution is -0.136. The minimum atomic E-state index is 0.00597. The molecule has 0 bridgehead atoms. The summed E-state index contributed by atoms with van der Waals surface area (Å²) in [7, 11) is 3.44. The molecule has 0 aliphatic carbocycles. The van der Waals surface area contributed by atoms with E-state index >= 15 is 0 Å². The van der Waals surface area contributed by atoms with E-state index in [1.165, 1.54) is 4.90 Å². The molecule has 4 heteroatoms. The van der Waals surface area contributed by atoms with E-state index in [-0.39, 0.29) is 11.8 Å². The van der Waals surface area contributed by atoms with Gasteiger partial charge in [-0.15, -0.1) is 0 Å². The number of carbonyl (C=O) groups excluding carboxylic acids is 2. The van der Waals surface area contributed by atoms with Crippen LogP contribution in [0.1, 0.15) is 0 Å². The van der Waals surface area contributed by atoms with Gasteiger partial charge in [-0.3, -0.25) is 9.59 Å².